The molecule has 17 heavy (non-hydrogen) atoms. The Labute approximate surface area is 106 Å². The normalized spacial score (nSPS) is 10.0. The Kier molecular flexibility index (Phi) is 4.39. The maximum absolute atomic E-state index is 10.7. The van der Waals surface area contributed by atoms with E-state index < -0.39 is 0 Å². The SMILES string of the molecule is Cc1cc(NCCC(N)=O)c(C(N)=S)c(C)n1. The Hall–Kier alpha value is -1.69. The number of nitrogens with zero attached hydrogens (tertiary/aromatic N) is 1. The molecular weight excluding hydrogens is 236 g/mol. The monoisotopic (exact) mass is 252 g/mol. The van der Waals surface area contributed by atoms with E-state index in [2.05, 4.69) is 10.3 Å². The first kappa shape index (κ1) is 13.4. The van der Waals surface area contributed by atoms with Gasteiger partial charge in [-0.05, 0) is 19.9 Å². The largest absolute Gasteiger partial charge is 0.389 e. The van der Waals surface area contributed by atoms with E-state index in [-0.39, 0.29) is 17.3 Å². The van der Waals surface area contributed by atoms with Crippen LogP contribution in [0.5, 0.6) is 0 Å². The number of carbonyl (C=O) groups is 1. The first-order valence-electron chi connectivity index (χ1n) is 5.22. The molecule has 0 radical (unpaired) electrons. The van der Waals surface area contributed by atoms with Crippen molar-refractivity contribution < 1.29 is 4.79 Å². The van der Waals surface area contributed by atoms with Gasteiger partial charge in [0.2, 0.25) is 5.91 Å². The average Bonchev–Trinajstić information content (AvgIpc) is 2.14. The van der Waals surface area contributed by atoms with E-state index in [9.17, 15) is 4.79 Å². The number of thiocarbonyl (C=S) groups is 1. The zero-order chi connectivity index (χ0) is 13.0. The zero-order valence-electron chi connectivity index (χ0n) is 9.91. The number of anilines is 1. The summed E-state index contributed by atoms with van der Waals surface area (Å²) in [6, 6.07) is 1.85. The lowest BCUT2D eigenvalue weighted by Gasteiger charge is -2.13. The molecule has 5 N–H and O–H groups in total. The number of nitrogens with two attached hydrogens (primary N) is 2. The smallest absolute Gasteiger partial charge is 0.219 e. The molecule has 1 aromatic heterocycles. The number of aryl methyl sites for hydroxylation is 2. The Balaban J connectivity index is 2.96. The van der Waals surface area contributed by atoms with Gasteiger partial charge < -0.3 is 16.8 Å². The third-order valence-corrected chi connectivity index (χ3v) is 2.47. The molecule has 0 bridgehead atoms. The molecular formula is C11H16N4OS. The van der Waals surface area contributed by atoms with Crippen LogP contribution in [0, 0.1) is 13.8 Å². The number of carbonyl (C=O) groups excluding carboxylic acids is 1. The van der Waals surface area contributed by atoms with Crippen LogP contribution in [-0.2, 0) is 4.79 Å². The standard InChI is InChI=1S/C11H16N4OS/c1-6-5-8(14-4-3-9(12)16)10(11(13)17)7(2)15-6/h5H,3-4H2,1-2H3,(H2,12,16)(H2,13,17)(H,14,15). The van der Waals surface area contributed by atoms with E-state index in [1.165, 1.54) is 0 Å². The molecule has 0 fully saturated rings. The maximum atomic E-state index is 10.7. The fourth-order valence-electron chi connectivity index (χ4n) is 1.60. The van der Waals surface area contributed by atoms with Gasteiger partial charge in [-0.15, -0.1) is 0 Å². The second kappa shape index (κ2) is 5.58. The minimum atomic E-state index is -0.350. The second-order valence-corrected chi connectivity index (χ2v) is 4.22. The summed E-state index contributed by atoms with van der Waals surface area (Å²) in [5.74, 6) is -0.350. The highest BCUT2D eigenvalue weighted by Gasteiger charge is 2.10. The van der Waals surface area contributed by atoms with E-state index in [0.29, 0.717) is 6.54 Å². The Morgan fingerprint density at radius 1 is 1.47 bits per heavy atom. The molecule has 0 unspecified atom stereocenters. The summed E-state index contributed by atoms with van der Waals surface area (Å²) in [7, 11) is 0. The zero-order valence-corrected chi connectivity index (χ0v) is 10.7. The van der Waals surface area contributed by atoms with Gasteiger partial charge in [0.05, 0.1) is 5.56 Å². The van der Waals surface area contributed by atoms with Gasteiger partial charge in [-0.2, -0.15) is 0 Å². The number of amides is 1. The van der Waals surface area contributed by atoms with E-state index in [0.717, 1.165) is 22.6 Å². The van der Waals surface area contributed by atoms with E-state index >= 15 is 0 Å². The Morgan fingerprint density at radius 2 is 2.12 bits per heavy atom. The fourth-order valence-corrected chi connectivity index (χ4v) is 1.86. The summed E-state index contributed by atoms with van der Waals surface area (Å²) in [6.07, 6.45) is 0.261. The number of hydrogen-bond acceptors (Lipinski definition) is 4. The lowest BCUT2D eigenvalue weighted by molar-refractivity contribution is -0.117. The van der Waals surface area contributed by atoms with Crippen molar-refractivity contribution in [3.05, 3.63) is 23.0 Å². The summed E-state index contributed by atoms with van der Waals surface area (Å²) in [5, 5.41) is 3.10. The van der Waals surface area contributed by atoms with Gasteiger partial charge in [0.15, 0.2) is 0 Å². The molecule has 0 saturated heterocycles. The van der Waals surface area contributed by atoms with Crippen molar-refractivity contribution in [3.8, 4) is 0 Å². The third-order valence-electron chi connectivity index (χ3n) is 2.26. The summed E-state index contributed by atoms with van der Waals surface area (Å²) >= 11 is 4.99. The van der Waals surface area contributed by atoms with Gasteiger partial charge in [0.1, 0.15) is 4.99 Å². The second-order valence-electron chi connectivity index (χ2n) is 3.78. The van der Waals surface area contributed by atoms with Crippen LogP contribution in [0.15, 0.2) is 6.07 Å². The highest BCUT2D eigenvalue weighted by atomic mass is 32.1. The van der Waals surface area contributed by atoms with Gasteiger partial charge in [-0.3, -0.25) is 9.78 Å². The van der Waals surface area contributed by atoms with Crippen LogP contribution < -0.4 is 16.8 Å². The molecule has 1 aromatic rings. The molecule has 6 heteroatoms. The van der Waals surface area contributed by atoms with Crippen molar-refractivity contribution >= 4 is 28.8 Å². The molecule has 0 aliphatic rings. The number of rotatable bonds is 5. The van der Waals surface area contributed by atoms with Crippen LogP contribution in [0.25, 0.3) is 0 Å². The predicted octanol–water partition coefficient (Wildman–Crippen LogP) is 0.620. The quantitative estimate of drug-likeness (QED) is 0.668. The van der Waals surface area contributed by atoms with Crippen LogP contribution in [0.1, 0.15) is 23.4 Å². The number of aromatic nitrogens is 1. The first-order valence-corrected chi connectivity index (χ1v) is 5.63. The van der Waals surface area contributed by atoms with Crippen molar-refractivity contribution in [1.82, 2.24) is 4.98 Å². The van der Waals surface area contributed by atoms with E-state index in [4.69, 9.17) is 23.7 Å². The van der Waals surface area contributed by atoms with Crippen LogP contribution in [0.2, 0.25) is 0 Å². The molecule has 0 aromatic carbocycles. The molecule has 1 rings (SSSR count). The maximum Gasteiger partial charge on any atom is 0.219 e. The Bertz CT molecular complexity index is 459. The molecule has 0 spiro atoms. The summed E-state index contributed by atoms with van der Waals surface area (Å²) in [5.41, 5.74) is 13.9. The fraction of sp³-hybridized carbons (Fsp3) is 0.364. The molecule has 1 amide bonds. The van der Waals surface area contributed by atoms with Gasteiger partial charge in [0.25, 0.3) is 0 Å². The lowest BCUT2D eigenvalue weighted by Crippen LogP contribution is -2.19. The van der Waals surface area contributed by atoms with Gasteiger partial charge in [0, 0.05) is 30.0 Å². The van der Waals surface area contributed by atoms with Crippen LogP contribution >= 0.6 is 12.2 Å². The summed E-state index contributed by atoms with van der Waals surface area (Å²) < 4.78 is 0. The van der Waals surface area contributed by atoms with E-state index in [1.807, 2.05) is 19.9 Å². The first-order chi connectivity index (χ1) is 7.91. The highest BCUT2D eigenvalue weighted by Crippen LogP contribution is 2.19. The lowest BCUT2D eigenvalue weighted by atomic mass is 10.1. The summed E-state index contributed by atoms with van der Waals surface area (Å²) in [6.45, 7) is 4.18. The summed E-state index contributed by atoms with van der Waals surface area (Å²) in [4.78, 5) is 15.2. The Morgan fingerprint density at radius 3 is 2.65 bits per heavy atom. The van der Waals surface area contributed by atoms with Gasteiger partial charge >= 0.3 is 0 Å². The van der Waals surface area contributed by atoms with Crippen LogP contribution in [0.4, 0.5) is 5.69 Å². The molecule has 1 heterocycles. The number of primary amides is 1. The van der Waals surface area contributed by atoms with Crippen LogP contribution in [-0.4, -0.2) is 22.4 Å². The minimum absolute atomic E-state index is 0.261. The number of hydrogen-bond donors (Lipinski definition) is 3. The van der Waals surface area contributed by atoms with Crippen molar-refractivity contribution in [2.75, 3.05) is 11.9 Å². The molecule has 0 aliphatic heterocycles. The molecule has 5 nitrogen and oxygen atoms in total. The minimum Gasteiger partial charge on any atom is -0.389 e. The van der Waals surface area contributed by atoms with Crippen molar-refractivity contribution in [3.63, 3.8) is 0 Å². The topological polar surface area (TPSA) is 94.0 Å². The highest BCUT2D eigenvalue weighted by molar-refractivity contribution is 7.80. The molecule has 92 valence electrons. The number of nitrogens with one attached hydrogen (secondary N) is 1. The van der Waals surface area contributed by atoms with E-state index in [1.54, 1.807) is 0 Å². The molecule has 0 saturated carbocycles. The predicted molar refractivity (Wildman–Crippen MR) is 71.9 cm³/mol. The number of pyridine rings is 1. The van der Waals surface area contributed by atoms with Gasteiger partial charge in [-0.1, -0.05) is 12.2 Å². The van der Waals surface area contributed by atoms with Gasteiger partial charge in [-0.25, -0.2) is 0 Å². The molecule has 0 atom stereocenters. The van der Waals surface area contributed by atoms with Crippen molar-refractivity contribution in [2.24, 2.45) is 11.5 Å². The molecule has 0 aliphatic carbocycles. The van der Waals surface area contributed by atoms with Crippen molar-refractivity contribution in [2.45, 2.75) is 20.3 Å². The van der Waals surface area contributed by atoms with Crippen LogP contribution in [0.3, 0.4) is 0 Å². The van der Waals surface area contributed by atoms with Crippen molar-refractivity contribution in [1.29, 1.82) is 0 Å². The average molecular weight is 252 g/mol. The third kappa shape index (κ3) is 3.67.